The third-order valence-electron chi connectivity index (χ3n) is 4.69. The largest absolute Gasteiger partial charge is 0.481 e. The van der Waals surface area contributed by atoms with Crippen molar-refractivity contribution in [2.75, 3.05) is 6.54 Å². The van der Waals surface area contributed by atoms with Crippen LogP contribution in [-0.2, 0) is 24.0 Å². The van der Waals surface area contributed by atoms with Crippen molar-refractivity contribution in [3.8, 4) is 0 Å². The van der Waals surface area contributed by atoms with Gasteiger partial charge in [0.15, 0.2) is 6.04 Å². The quantitative estimate of drug-likeness (QED) is 0.0990. The molecule has 6 atom stereocenters. The number of rotatable bonds is 16. The van der Waals surface area contributed by atoms with Crippen molar-refractivity contribution in [2.24, 2.45) is 11.5 Å². The lowest BCUT2D eigenvalue weighted by molar-refractivity contribution is -0.146. The number of hydrogen-bond acceptors (Lipinski definition) is 9. The molecule has 14 heteroatoms. The van der Waals surface area contributed by atoms with Crippen LogP contribution >= 0.6 is 0 Å². The zero-order valence-corrected chi connectivity index (χ0v) is 18.7. The minimum Gasteiger partial charge on any atom is -0.481 e. The predicted octanol–water partition coefficient (Wildman–Crippen LogP) is -3.39. The van der Waals surface area contributed by atoms with Gasteiger partial charge in [0.1, 0.15) is 12.1 Å². The summed E-state index contributed by atoms with van der Waals surface area (Å²) in [6.45, 7) is 2.66. The summed E-state index contributed by atoms with van der Waals surface area (Å²) in [5.74, 6) is -5.34. The van der Waals surface area contributed by atoms with Crippen LogP contribution in [0, 0.1) is 0 Å². The van der Waals surface area contributed by atoms with E-state index in [1.54, 1.807) is 0 Å². The lowest BCUT2D eigenvalue weighted by Crippen LogP contribution is -2.60. The fourth-order valence-corrected chi connectivity index (χ4v) is 2.74. The van der Waals surface area contributed by atoms with Gasteiger partial charge in [0.25, 0.3) is 0 Å². The zero-order chi connectivity index (χ0) is 25.7. The number of carboxylic acids is 2. The Labute approximate surface area is 191 Å². The minimum atomic E-state index is -1.68. The van der Waals surface area contributed by atoms with E-state index >= 15 is 0 Å². The second-order valence-electron chi connectivity index (χ2n) is 7.68. The molecule has 14 nitrogen and oxygen atoms in total. The third-order valence-corrected chi connectivity index (χ3v) is 4.69. The molecule has 0 spiro atoms. The standard InChI is InChI=1S/C19H35N5O9/c1-9(25)14(18(31)24-15(10(2)26)19(32)33)23-17(30)12(5-3-4-8-20)22-16(29)11(21)6-7-13(27)28/h9-12,14-15,25-26H,3-8,20-21H2,1-2H3,(H,22,29)(H,23,30)(H,24,31)(H,27,28)(H,32,33). The molecule has 0 rings (SSSR count). The first kappa shape index (κ1) is 30.2. The van der Waals surface area contributed by atoms with Crippen LogP contribution in [0.1, 0.15) is 46.0 Å². The van der Waals surface area contributed by atoms with Crippen LogP contribution in [-0.4, -0.2) is 93.0 Å². The average Bonchev–Trinajstić information content (AvgIpc) is 2.72. The lowest BCUT2D eigenvalue weighted by atomic mass is 10.0. The first-order valence-corrected chi connectivity index (χ1v) is 10.5. The summed E-state index contributed by atoms with van der Waals surface area (Å²) in [5.41, 5.74) is 11.1. The number of aliphatic carboxylic acids is 2. The maximum absolute atomic E-state index is 12.8. The van der Waals surface area contributed by atoms with Crippen molar-refractivity contribution in [2.45, 2.75) is 82.3 Å². The van der Waals surface area contributed by atoms with Gasteiger partial charge in [-0.15, -0.1) is 0 Å². The van der Waals surface area contributed by atoms with Crippen molar-refractivity contribution in [1.29, 1.82) is 0 Å². The summed E-state index contributed by atoms with van der Waals surface area (Å²) >= 11 is 0. The van der Waals surface area contributed by atoms with Gasteiger partial charge in [0, 0.05) is 6.42 Å². The number of carboxylic acid groups (broad SMARTS) is 2. The average molecular weight is 478 g/mol. The van der Waals surface area contributed by atoms with E-state index in [4.69, 9.17) is 21.7 Å². The molecular weight excluding hydrogens is 442 g/mol. The summed E-state index contributed by atoms with van der Waals surface area (Å²) in [6.07, 6.45) is -2.35. The molecule has 0 aliphatic heterocycles. The van der Waals surface area contributed by atoms with Gasteiger partial charge >= 0.3 is 11.9 Å². The Balaban J connectivity index is 5.40. The Morgan fingerprint density at radius 1 is 0.788 bits per heavy atom. The molecule has 0 heterocycles. The molecule has 0 aromatic carbocycles. The van der Waals surface area contributed by atoms with Crippen LogP contribution in [0.3, 0.4) is 0 Å². The highest BCUT2D eigenvalue weighted by atomic mass is 16.4. The first-order valence-electron chi connectivity index (χ1n) is 10.5. The van der Waals surface area contributed by atoms with E-state index in [0.29, 0.717) is 19.4 Å². The zero-order valence-electron chi connectivity index (χ0n) is 18.7. The molecule has 0 aromatic heterocycles. The fourth-order valence-electron chi connectivity index (χ4n) is 2.74. The van der Waals surface area contributed by atoms with Crippen LogP contribution in [0.4, 0.5) is 0 Å². The van der Waals surface area contributed by atoms with Gasteiger partial charge in [-0.1, -0.05) is 0 Å². The summed E-state index contributed by atoms with van der Waals surface area (Å²) in [5, 5.41) is 44.0. The molecule has 33 heavy (non-hydrogen) atoms. The van der Waals surface area contributed by atoms with E-state index in [2.05, 4.69) is 10.6 Å². The molecule has 0 aromatic rings. The van der Waals surface area contributed by atoms with Gasteiger partial charge < -0.3 is 47.8 Å². The topological polar surface area (TPSA) is 254 Å². The molecule has 6 unspecified atom stereocenters. The molecule has 0 aliphatic rings. The number of carbonyl (C=O) groups excluding carboxylic acids is 3. The molecule has 0 fully saturated rings. The number of nitrogens with two attached hydrogens (primary N) is 2. The highest BCUT2D eigenvalue weighted by molar-refractivity contribution is 5.94. The maximum atomic E-state index is 12.8. The smallest absolute Gasteiger partial charge is 0.328 e. The van der Waals surface area contributed by atoms with Gasteiger partial charge in [-0.3, -0.25) is 19.2 Å². The summed E-state index contributed by atoms with van der Waals surface area (Å²) in [4.78, 5) is 59.4. The van der Waals surface area contributed by atoms with Crippen molar-refractivity contribution in [1.82, 2.24) is 16.0 Å². The Morgan fingerprint density at radius 2 is 1.33 bits per heavy atom. The van der Waals surface area contributed by atoms with Crippen molar-refractivity contribution < 1.29 is 44.4 Å². The molecule has 190 valence electrons. The maximum Gasteiger partial charge on any atom is 0.328 e. The van der Waals surface area contributed by atoms with Crippen molar-refractivity contribution >= 4 is 29.7 Å². The molecule has 0 bridgehead atoms. The normalized spacial score (nSPS) is 16.4. The van der Waals surface area contributed by atoms with E-state index in [0.717, 1.165) is 6.92 Å². The first-order chi connectivity index (χ1) is 15.3. The number of hydrogen-bond donors (Lipinski definition) is 9. The number of carbonyl (C=O) groups is 5. The number of amides is 3. The Bertz CT molecular complexity index is 687. The molecular formula is C19H35N5O9. The summed E-state index contributed by atoms with van der Waals surface area (Å²) in [7, 11) is 0. The Hall–Kier alpha value is -2.81. The fraction of sp³-hybridized carbons (Fsp3) is 0.737. The third kappa shape index (κ3) is 11.6. The molecule has 0 saturated carbocycles. The highest BCUT2D eigenvalue weighted by Gasteiger charge is 2.33. The summed E-state index contributed by atoms with van der Waals surface area (Å²) < 4.78 is 0. The molecule has 11 N–H and O–H groups in total. The van der Waals surface area contributed by atoms with Crippen LogP contribution in [0.5, 0.6) is 0 Å². The number of unbranched alkanes of at least 4 members (excludes halogenated alkanes) is 1. The number of nitrogens with one attached hydrogen (secondary N) is 3. The van der Waals surface area contributed by atoms with Crippen LogP contribution < -0.4 is 27.4 Å². The number of aliphatic hydroxyl groups is 2. The van der Waals surface area contributed by atoms with E-state index in [1.165, 1.54) is 6.92 Å². The van der Waals surface area contributed by atoms with Crippen molar-refractivity contribution in [3.05, 3.63) is 0 Å². The van der Waals surface area contributed by atoms with Crippen LogP contribution in [0.2, 0.25) is 0 Å². The minimum absolute atomic E-state index is 0.111. The van der Waals surface area contributed by atoms with Gasteiger partial charge in [-0.2, -0.15) is 0 Å². The van der Waals surface area contributed by atoms with E-state index in [-0.39, 0.29) is 19.3 Å². The summed E-state index contributed by atoms with van der Waals surface area (Å²) in [6, 6.07) is -5.64. The molecule has 0 radical (unpaired) electrons. The van der Waals surface area contributed by atoms with E-state index in [9.17, 15) is 34.2 Å². The molecule has 0 saturated heterocycles. The second-order valence-corrected chi connectivity index (χ2v) is 7.68. The van der Waals surface area contributed by atoms with Gasteiger partial charge in [-0.05, 0) is 46.1 Å². The van der Waals surface area contributed by atoms with Crippen molar-refractivity contribution in [3.63, 3.8) is 0 Å². The second kappa shape index (κ2) is 15.1. The molecule has 0 aliphatic carbocycles. The number of aliphatic hydroxyl groups excluding tert-OH is 2. The lowest BCUT2D eigenvalue weighted by Gasteiger charge is -2.27. The van der Waals surface area contributed by atoms with Crippen LogP contribution in [0.25, 0.3) is 0 Å². The van der Waals surface area contributed by atoms with Gasteiger partial charge in [0.05, 0.1) is 18.2 Å². The highest BCUT2D eigenvalue weighted by Crippen LogP contribution is 2.05. The Kier molecular flexibility index (Phi) is 13.8. The molecule has 3 amide bonds. The van der Waals surface area contributed by atoms with E-state index < -0.39 is 66.0 Å². The monoisotopic (exact) mass is 477 g/mol. The SMILES string of the molecule is CC(O)C(NC(=O)C(NC(=O)C(CCCCN)NC(=O)C(N)CCC(=O)O)C(C)O)C(=O)O. The van der Waals surface area contributed by atoms with E-state index in [1.807, 2.05) is 5.32 Å². The van der Waals surface area contributed by atoms with Gasteiger partial charge in [-0.25, -0.2) is 4.79 Å². The van der Waals surface area contributed by atoms with Crippen LogP contribution in [0.15, 0.2) is 0 Å². The van der Waals surface area contributed by atoms with Gasteiger partial charge in [0.2, 0.25) is 17.7 Å². The predicted molar refractivity (Wildman–Crippen MR) is 115 cm³/mol. The Morgan fingerprint density at radius 3 is 1.79 bits per heavy atom.